The lowest BCUT2D eigenvalue weighted by molar-refractivity contribution is 0.119. The summed E-state index contributed by atoms with van der Waals surface area (Å²) in [6, 6.07) is 9.58. The number of hydrogen-bond donors (Lipinski definition) is 0. The van der Waals surface area contributed by atoms with E-state index in [0.717, 1.165) is 16.3 Å². The molecular formula is C13H12N2OS. The smallest absolute Gasteiger partial charge is 0.122 e. The maximum Gasteiger partial charge on any atom is 0.122 e. The first-order chi connectivity index (χ1) is 8.24. The second kappa shape index (κ2) is 5.09. The van der Waals surface area contributed by atoms with Crippen LogP contribution >= 0.6 is 11.3 Å². The Morgan fingerprint density at radius 1 is 1.47 bits per heavy atom. The number of methoxy groups -OCH3 is 1. The highest BCUT2D eigenvalue weighted by Crippen LogP contribution is 2.26. The van der Waals surface area contributed by atoms with E-state index in [1.165, 1.54) is 0 Å². The number of benzene rings is 1. The molecule has 0 aliphatic heterocycles. The molecule has 0 aliphatic carbocycles. The van der Waals surface area contributed by atoms with Gasteiger partial charge in [0.25, 0.3) is 0 Å². The average Bonchev–Trinajstić information content (AvgIpc) is 2.87. The molecule has 0 fully saturated rings. The summed E-state index contributed by atoms with van der Waals surface area (Å²) in [5, 5.41) is 11.8. The molecule has 4 heteroatoms. The van der Waals surface area contributed by atoms with Gasteiger partial charge in [-0.25, -0.2) is 4.98 Å². The molecule has 1 atom stereocenters. The second-order valence-corrected chi connectivity index (χ2v) is 4.53. The normalized spacial score (nSPS) is 12.1. The molecule has 3 nitrogen and oxygen atoms in total. The zero-order valence-electron chi connectivity index (χ0n) is 9.68. The molecule has 0 amide bonds. The minimum atomic E-state index is 0.00731. The van der Waals surface area contributed by atoms with E-state index in [9.17, 15) is 0 Å². The maximum absolute atomic E-state index is 8.85. The molecule has 0 aliphatic rings. The van der Waals surface area contributed by atoms with Crippen LogP contribution in [-0.4, -0.2) is 12.1 Å². The first-order valence-corrected chi connectivity index (χ1v) is 6.11. The van der Waals surface area contributed by atoms with Crippen LogP contribution in [0.2, 0.25) is 0 Å². The zero-order valence-corrected chi connectivity index (χ0v) is 10.5. The lowest BCUT2D eigenvalue weighted by Gasteiger charge is -2.03. The van der Waals surface area contributed by atoms with Crippen LogP contribution in [0.3, 0.4) is 0 Å². The Labute approximate surface area is 104 Å². The van der Waals surface area contributed by atoms with Crippen molar-refractivity contribution in [2.75, 3.05) is 7.11 Å². The maximum atomic E-state index is 8.85. The number of nitrogens with zero attached hydrogens (tertiary/aromatic N) is 2. The van der Waals surface area contributed by atoms with Gasteiger partial charge in [0.15, 0.2) is 0 Å². The largest absolute Gasteiger partial charge is 0.375 e. The zero-order chi connectivity index (χ0) is 12.3. The van der Waals surface area contributed by atoms with E-state index in [-0.39, 0.29) is 6.10 Å². The quantitative estimate of drug-likeness (QED) is 0.831. The summed E-state index contributed by atoms with van der Waals surface area (Å²) in [7, 11) is 1.67. The molecular weight excluding hydrogens is 232 g/mol. The van der Waals surface area contributed by atoms with Crippen LogP contribution in [0.5, 0.6) is 0 Å². The number of rotatable bonds is 3. The first-order valence-electron chi connectivity index (χ1n) is 5.23. The van der Waals surface area contributed by atoms with Crippen molar-refractivity contribution in [1.29, 1.82) is 5.26 Å². The SMILES string of the molecule is COC(C)c1nc(-c2cccc(C#N)c2)cs1. The fourth-order valence-corrected chi connectivity index (χ4v) is 2.32. The second-order valence-electron chi connectivity index (χ2n) is 3.64. The Morgan fingerprint density at radius 2 is 2.29 bits per heavy atom. The number of aromatic nitrogens is 1. The molecule has 1 heterocycles. The van der Waals surface area contributed by atoms with Gasteiger partial charge < -0.3 is 4.74 Å². The number of nitriles is 1. The first kappa shape index (κ1) is 11.8. The Kier molecular flexibility index (Phi) is 3.52. The van der Waals surface area contributed by atoms with Gasteiger partial charge in [0.1, 0.15) is 11.1 Å². The van der Waals surface area contributed by atoms with E-state index in [2.05, 4.69) is 11.1 Å². The standard InChI is InChI=1S/C13H12N2OS/c1-9(16-2)13-15-12(8-17-13)11-5-3-4-10(6-11)7-14/h3-6,8-9H,1-2H3. The summed E-state index contributed by atoms with van der Waals surface area (Å²) in [5.74, 6) is 0. The van der Waals surface area contributed by atoms with Gasteiger partial charge in [0, 0.05) is 18.1 Å². The van der Waals surface area contributed by atoms with Crippen molar-refractivity contribution in [3.63, 3.8) is 0 Å². The lowest BCUT2D eigenvalue weighted by Crippen LogP contribution is -1.94. The predicted molar refractivity (Wildman–Crippen MR) is 67.7 cm³/mol. The molecule has 1 unspecified atom stereocenters. The van der Waals surface area contributed by atoms with Crippen LogP contribution in [0.15, 0.2) is 29.6 Å². The molecule has 0 bridgehead atoms. The highest BCUT2D eigenvalue weighted by molar-refractivity contribution is 7.10. The molecule has 0 N–H and O–H groups in total. The van der Waals surface area contributed by atoms with E-state index >= 15 is 0 Å². The fourth-order valence-electron chi connectivity index (χ4n) is 1.46. The number of hydrogen-bond acceptors (Lipinski definition) is 4. The van der Waals surface area contributed by atoms with Crippen LogP contribution < -0.4 is 0 Å². The highest BCUT2D eigenvalue weighted by Gasteiger charge is 2.10. The third-order valence-electron chi connectivity index (χ3n) is 2.51. The van der Waals surface area contributed by atoms with E-state index in [1.54, 1.807) is 24.5 Å². The Morgan fingerprint density at radius 3 is 3.00 bits per heavy atom. The molecule has 86 valence electrons. The molecule has 2 aromatic rings. The van der Waals surface area contributed by atoms with Crippen molar-refractivity contribution < 1.29 is 4.74 Å². The predicted octanol–water partition coefficient (Wildman–Crippen LogP) is 3.39. The van der Waals surface area contributed by atoms with E-state index in [1.807, 2.05) is 30.5 Å². The van der Waals surface area contributed by atoms with Gasteiger partial charge in [0.2, 0.25) is 0 Å². The Balaban J connectivity index is 2.34. The molecule has 0 saturated carbocycles. The lowest BCUT2D eigenvalue weighted by atomic mass is 10.1. The van der Waals surface area contributed by atoms with Gasteiger partial charge in [-0.3, -0.25) is 0 Å². The minimum absolute atomic E-state index is 0.00731. The summed E-state index contributed by atoms with van der Waals surface area (Å²) in [4.78, 5) is 4.51. The van der Waals surface area contributed by atoms with Gasteiger partial charge >= 0.3 is 0 Å². The van der Waals surface area contributed by atoms with E-state index in [0.29, 0.717) is 5.56 Å². The van der Waals surface area contributed by atoms with Gasteiger partial charge in [-0.05, 0) is 19.1 Å². The van der Waals surface area contributed by atoms with Crippen molar-refractivity contribution in [3.05, 3.63) is 40.2 Å². The summed E-state index contributed by atoms with van der Waals surface area (Å²) in [6.45, 7) is 1.97. The third-order valence-corrected chi connectivity index (χ3v) is 3.52. The topological polar surface area (TPSA) is 45.9 Å². The Bertz CT molecular complexity index is 557. The fraction of sp³-hybridized carbons (Fsp3) is 0.231. The van der Waals surface area contributed by atoms with Crippen molar-refractivity contribution in [1.82, 2.24) is 4.98 Å². The van der Waals surface area contributed by atoms with Crippen molar-refractivity contribution in [2.24, 2.45) is 0 Å². The van der Waals surface area contributed by atoms with Gasteiger partial charge in [-0.1, -0.05) is 12.1 Å². The van der Waals surface area contributed by atoms with Crippen molar-refractivity contribution >= 4 is 11.3 Å². The molecule has 2 rings (SSSR count). The van der Waals surface area contributed by atoms with E-state index < -0.39 is 0 Å². The summed E-state index contributed by atoms with van der Waals surface area (Å²) < 4.78 is 5.23. The average molecular weight is 244 g/mol. The Hall–Kier alpha value is -1.70. The summed E-state index contributed by atoms with van der Waals surface area (Å²) in [5.41, 5.74) is 2.51. The molecule has 0 saturated heterocycles. The van der Waals surface area contributed by atoms with E-state index in [4.69, 9.17) is 10.00 Å². The third kappa shape index (κ3) is 2.52. The van der Waals surface area contributed by atoms with Gasteiger partial charge in [-0.2, -0.15) is 5.26 Å². The molecule has 1 aromatic heterocycles. The van der Waals surface area contributed by atoms with Crippen LogP contribution in [0.1, 0.15) is 23.6 Å². The van der Waals surface area contributed by atoms with Gasteiger partial charge in [-0.15, -0.1) is 11.3 Å². The van der Waals surface area contributed by atoms with Crippen LogP contribution in [-0.2, 0) is 4.74 Å². The van der Waals surface area contributed by atoms with Crippen molar-refractivity contribution in [2.45, 2.75) is 13.0 Å². The number of thiazole rings is 1. The molecule has 0 radical (unpaired) electrons. The van der Waals surface area contributed by atoms with Gasteiger partial charge in [0.05, 0.1) is 17.3 Å². The minimum Gasteiger partial charge on any atom is -0.375 e. The summed E-state index contributed by atoms with van der Waals surface area (Å²) >= 11 is 1.57. The van der Waals surface area contributed by atoms with Crippen LogP contribution in [0.25, 0.3) is 11.3 Å². The molecule has 0 spiro atoms. The monoisotopic (exact) mass is 244 g/mol. The number of ether oxygens (including phenoxy) is 1. The van der Waals surface area contributed by atoms with Crippen LogP contribution in [0, 0.1) is 11.3 Å². The highest BCUT2D eigenvalue weighted by atomic mass is 32.1. The molecule has 1 aromatic carbocycles. The molecule has 17 heavy (non-hydrogen) atoms. The van der Waals surface area contributed by atoms with Crippen molar-refractivity contribution in [3.8, 4) is 17.3 Å². The van der Waals surface area contributed by atoms with Crippen LogP contribution in [0.4, 0.5) is 0 Å². The summed E-state index contributed by atoms with van der Waals surface area (Å²) in [6.07, 6.45) is 0.00731.